The van der Waals surface area contributed by atoms with Gasteiger partial charge in [-0.2, -0.15) is 0 Å². The van der Waals surface area contributed by atoms with Gasteiger partial charge in [0.15, 0.2) is 5.91 Å². The Kier molecular flexibility index (Phi) is 5.54. The number of benzene rings is 2. The quantitative estimate of drug-likeness (QED) is 0.342. The van der Waals surface area contributed by atoms with Crippen LogP contribution in [-0.4, -0.2) is 42.3 Å². The number of hydrogen-bond acceptors (Lipinski definition) is 7. The van der Waals surface area contributed by atoms with Crippen molar-refractivity contribution in [1.82, 2.24) is 0 Å². The predicted molar refractivity (Wildman–Crippen MR) is 96.6 cm³/mol. The lowest BCUT2D eigenvalue weighted by Crippen LogP contribution is -2.67. The topological polar surface area (TPSA) is 117 Å². The lowest BCUT2D eigenvalue weighted by molar-refractivity contribution is 0.187. The molecule has 0 aliphatic carbocycles. The van der Waals surface area contributed by atoms with E-state index in [-0.39, 0.29) is 0 Å². The first-order valence-electron chi connectivity index (χ1n) is 7.10. The fourth-order valence-electron chi connectivity index (χ4n) is 2.23. The molecule has 0 spiro atoms. The third-order valence-corrected chi connectivity index (χ3v) is 9.56. The van der Waals surface area contributed by atoms with Crippen LogP contribution in [0.25, 0.3) is 0 Å². The number of carbonyl (C=O) groups is 1. The molecule has 2 rings (SSSR count). The van der Waals surface area contributed by atoms with Crippen molar-refractivity contribution >= 4 is 45.0 Å². The van der Waals surface area contributed by atoms with Gasteiger partial charge in [0.25, 0.3) is 0 Å². The zero-order chi connectivity index (χ0) is 17.8. The summed E-state index contributed by atoms with van der Waals surface area (Å²) < 4.78 is 16.6. The molecule has 0 radical (unpaired) electrons. The van der Waals surface area contributed by atoms with Gasteiger partial charge in [0, 0.05) is 36.0 Å². The lowest BCUT2D eigenvalue weighted by atomic mass is 10.3. The molecule has 0 saturated carbocycles. The summed E-state index contributed by atoms with van der Waals surface area (Å²) >= 11 is 0. The van der Waals surface area contributed by atoms with Crippen molar-refractivity contribution in [3.8, 4) is 0 Å². The highest BCUT2D eigenvalue weighted by atomic mass is 28.5. The van der Waals surface area contributed by atoms with Crippen LogP contribution < -0.4 is 21.8 Å². The van der Waals surface area contributed by atoms with Gasteiger partial charge in [-0.3, -0.25) is 0 Å². The summed E-state index contributed by atoms with van der Waals surface area (Å²) in [6.45, 7) is 0. The van der Waals surface area contributed by atoms with E-state index in [9.17, 15) is 9.59 Å². The largest absolute Gasteiger partial charge is 0.525 e. The molecule has 128 valence electrons. The second-order valence-electron chi connectivity index (χ2n) is 5.12. The van der Waals surface area contributed by atoms with Crippen LogP contribution >= 0.6 is 0 Å². The van der Waals surface area contributed by atoms with Crippen LogP contribution in [0.2, 0.25) is 0 Å². The first-order chi connectivity index (χ1) is 11.4. The highest BCUT2D eigenvalue weighted by molar-refractivity contribution is 7.06. The maximum absolute atomic E-state index is 11.9. The Bertz CT molecular complexity index is 715. The average molecular weight is 365 g/mol. The Morgan fingerprint density at radius 1 is 0.958 bits per heavy atom. The Hall–Kier alpha value is -2.02. The van der Waals surface area contributed by atoms with Crippen molar-refractivity contribution in [2.24, 2.45) is 0 Å². The van der Waals surface area contributed by atoms with Gasteiger partial charge in [-0.05, 0) is 24.3 Å². The molecule has 2 aromatic carbocycles. The van der Waals surface area contributed by atoms with E-state index in [0.29, 0.717) is 27.7 Å². The maximum Gasteiger partial charge on any atom is 0.525 e. The van der Waals surface area contributed by atoms with Gasteiger partial charge in [0.1, 0.15) is 0 Å². The van der Waals surface area contributed by atoms with Gasteiger partial charge in [-0.25, -0.2) is 0 Å². The third kappa shape index (κ3) is 3.56. The number of nitrogens with two attached hydrogens (primary N) is 2. The van der Waals surface area contributed by atoms with Crippen LogP contribution in [0.15, 0.2) is 48.5 Å². The van der Waals surface area contributed by atoms with Crippen LogP contribution in [0, 0.1) is 0 Å². The molecule has 0 aliphatic heterocycles. The van der Waals surface area contributed by atoms with Crippen LogP contribution in [0.4, 0.5) is 11.4 Å². The van der Waals surface area contributed by atoms with Gasteiger partial charge < -0.3 is 34.0 Å². The number of hydrogen-bond donors (Lipinski definition) is 3. The molecule has 24 heavy (non-hydrogen) atoms. The molecule has 2 atom stereocenters. The van der Waals surface area contributed by atoms with Gasteiger partial charge in [0.05, 0.1) is 0 Å². The van der Waals surface area contributed by atoms with E-state index in [1.165, 1.54) is 14.2 Å². The standard InChI is InChI=1S/C15H20N2O5Si2/c1-20-23(11-18,15-5-3-4-13(17)10-15)22-24(19,21-2)14-8-6-12(16)7-9-14/h3-11,19H,16-17H2,1-2H3. The van der Waals surface area contributed by atoms with Crippen molar-refractivity contribution in [2.45, 2.75) is 0 Å². The summed E-state index contributed by atoms with van der Waals surface area (Å²) in [5.41, 5.74) is 12.4. The summed E-state index contributed by atoms with van der Waals surface area (Å²) in [7, 11) is -4.82. The lowest BCUT2D eigenvalue weighted by Gasteiger charge is -2.32. The monoisotopic (exact) mass is 364 g/mol. The zero-order valence-electron chi connectivity index (χ0n) is 13.4. The molecular weight excluding hydrogens is 344 g/mol. The molecule has 0 heterocycles. The molecular formula is C15H20N2O5Si2. The zero-order valence-corrected chi connectivity index (χ0v) is 15.4. The van der Waals surface area contributed by atoms with E-state index in [1.807, 2.05) is 0 Å². The van der Waals surface area contributed by atoms with Crippen LogP contribution in [0.3, 0.4) is 0 Å². The smallest absolute Gasteiger partial charge is 0.399 e. The van der Waals surface area contributed by atoms with Crippen molar-refractivity contribution in [1.29, 1.82) is 0 Å². The van der Waals surface area contributed by atoms with Gasteiger partial charge in [-0.1, -0.05) is 24.3 Å². The van der Waals surface area contributed by atoms with Crippen LogP contribution in [0.5, 0.6) is 0 Å². The van der Waals surface area contributed by atoms with Crippen molar-refractivity contribution in [3.63, 3.8) is 0 Å². The van der Waals surface area contributed by atoms with Crippen molar-refractivity contribution in [3.05, 3.63) is 48.5 Å². The predicted octanol–water partition coefficient (Wildman–Crippen LogP) is -0.580. The molecule has 0 saturated heterocycles. The summed E-state index contributed by atoms with van der Waals surface area (Å²) in [6.07, 6.45) is 0. The first kappa shape index (κ1) is 18.3. The summed E-state index contributed by atoms with van der Waals surface area (Å²) in [4.78, 5) is 22.8. The SMILES string of the molecule is CO[Si](O)(O[Si](C=O)(OC)c1cccc(N)c1)c1ccc(N)cc1. The van der Waals surface area contributed by atoms with Gasteiger partial charge in [-0.15, -0.1) is 0 Å². The van der Waals surface area contributed by atoms with Crippen LogP contribution in [-0.2, 0) is 17.8 Å². The van der Waals surface area contributed by atoms with Gasteiger partial charge in [0.2, 0.25) is 0 Å². The summed E-state index contributed by atoms with van der Waals surface area (Å²) in [5.74, 6) is 0.593. The van der Waals surface area contributed by atoms with E-state index in [4.69, 9.17) is 24.4 Å². The summed E-state index contributed by atoms with van der Waals surface area (Å²) in [6, 6.07) is 13.1. The van der Waals surface area contributed by atoms with Crippen molar-refractivity contribution < 1.29 is 22.6 Å². The minimum absolute atomic E-state index is 0.416. The van der Waals surface area contributed by atoms with Gasteiger partial charge >= 0.3 is 17.4 Å². The molecule has 7 nitrogen and oxygen atoms in total. The highest BCUT2D eigenvalue weighted by Crippen LogP contribution is 2.15. The third-order valence-electron chi connectivity index (χ3n) is 3.59. The highest BCUT2D eigenvalue weighted by Gasteiger charge is 2.52. The molecule has 0 aliphatic rings. The van der Waals surface area contributed by atoms with E-state index in [0.717, 1.165) is 0 Å². The van der Waals surface area contributed by atoms with E-state index in [2.05, 4.69) is 0 Å². The Morgan fingerprint density at radius 3 is 2.12 bits per heavy atom. The fourth-order valence-corrected chi connectivity index (χ4v) is 7.67. The maximum atomic E-state index is 11.9. The molecule has 0 aromatic heterocycles. The second kappa shape index (κ2) is 7.26. The number of anilines is 2. The minimum Gasteiger partial charge on any atom is -0.399 e. The molecule has 9 heteroatoms. The number of nitrogen functional groups attached to an aromatic ring is 2. The van der Waals surface area contributed by atoms with Crippen LogP contribution in [0.1, 0.15) is 0 Å². The molecule has 0 fully saturated rings. The molecule has 2 aromatic rings. The van der Waals surface area contributed by atoms with E-state index in [1.54, 1.807) is 48.5 Å². The normalized spacial score (nSPS) is 16.1. The average Bonchev–Trinajstić information content (AvgIpc) is 2.60. The van der Waals surface area contributed by atoms with E-state index < -0.39 is 17.4 Å². The summed E-state index contributed by atoms with van der Waals surface area (Å²) in [5, 5.41) is 0.900. The second-order valence-corrected chi connectivity index (χ2v) is 10.6. The molecule has 0 bridgehead atoms. The fraction of sp³-hybridized carbons (Fsp3) is 0.133. The minimum atomic E-state index is -3.89. The first-order valence-corrected chi connectivity index (χ1v) is 10.8. The molecule has 5 N–H and O–H groups in total. The molecule has 2 unspecified atom stereocenters. The molecule has 0 amide bonds. The Labute approximate surface area is 142 Å². The Balaban J connectivity index is 2.47. The van der Waals surface area contributed by atoms with E-state index >= 15 is 0 Å². The van der Waals surface area contributed by atoms with Crippen molar-refractivity contribution in [2.75, 3.05) is 25.7 Å². The number of carbonyl (C=O) groups excluding carboxylic acids is 1. The Morgan fingerprint density at radius 2 is 1.62 bits per heavy atom. The number of rotatable bonds is 7.